The second kappa shape index (κ2) is 6.55. The molecule has 126 valence electrons. The Bertz CT molecular complexity index is 654. The Morgan fingerprint density at radius 3 is 1.87 bits per heavy atom. The van der Waals surface area contributed by atoms with Crippen molar-refractivity contribution in [3.8, 4) is 17.2 Å². The molecule has 1 aromatic carbocycles. The number of hydrogen-bond acceptors (Lipinski definition) is 8. The molecule has 0 atom stereocenters. The van der Waals surface area contributed by atoms with E-state index in [1.165, 1.54) is 0 Å². The number of carbonyl (C=O) groups is 3. The third kappa shape index (κ3) is 3.71. The topological polar surface area (TPSA) is 119 Å². The summed E-state index contributed by atoms with van der Waals surface area (Å²) in [5.74, 6) is -4.87. The Morgan fingerprint density at radius 1 is 0.957 bits per heavy atom. The minimum absolute atomic E-state index is 0.476. The molecule has 0 spiro atoms. The molecule has 0 heterocycles. The highest BCUT2D eigenvalue weighted by molar-refractivity contribution is 6.07. The van der Waals surface area contributed by atoms with Gasteiger partial charge in [-0.15, -0.1) is 0 Å². The average molecular weight is 326 g/mol. The number of rotatable bonds is 3. The number of benzene rings is 1. The van der Waals surface area contributed by atoms with Crippen LogP contribution in [0.4, 0.5) is 0 Å². The molecule has 0 saturated carbocycles. The Balaban J connectivity index is 3.54. The van der Waals surface area contributed by atoms with E-state index in [0.717, 1.165) is 20.3 Å². The van der Waals surface area contributed by atoms with E-state index in [1.54, 1.807) is 20.8 Å². The molecular weight excluding hydrogens is 308 g/mol. The molecule has 0 aliphatic carbocycles. The van der Waals surface area contributed by atoms with Crippen LogP contribution in [0.3, 0.4) is 0 Å². The molecule has 8 nitrogen and oxygen atoms in total. The number of carbonyl (C=O) groups excluding carboxylic acids is 3. The van der Waals surface area contributed by atoms with Crippen molar-refractivity contribution in [1.82, 2.24) is 0 Å². The summed E-state index contributed by atoms with van der Waals surface area (Å²) in [4.78, 5) is 35.4. The smallest absolute Gasteiger partial charge is 0.342 e. The van der Waals surface area contributed by atoms with Gasteiger partial charge in [0, 0.05) is 6.07 Å². The minimum Gasteiger partial charge on any atom is -0.507 e. The normalized spacial score (nSPS) is 10.8. The predicted molar refractivity (Wildman–Crippen MR) is 77.5 cm³/mol. The molecule has 23 heavy (non-hydrogen) atoms. The van der Waals surface area contributed by atoms with E-state index in [0.29, 0.717) is 0 Å². The van der Waals surface area contributed by atoms with E-state index in [1.807, 2.05) is 0 Å². The molecule has 0 aromatic heterocycles. The summed E-state index contributed by atoms with van der Waals surface area (Å²) in [6.45, 7) is 4.74. The van der Waals surface area contributed by atoms with Crippen molar-refractivity contribution in [3.05, 3.63) is 17.2 Å². The van der Waals surface area contributed by atoms with Crippen molar-refractivity contribution in [3.63, 3.8) is 0 Å². The zero-order valence-corrected chi connectivity index (χ0v) is 13.4. The van der Waals surface area contributed by atoms with Crippen molar-refractivity contribution in [2.24, 2.45) is 5.41 Å². The predicted octanol–water partition coefficient (Wildman–Crippen LogP) is 1.62. The Morgan fingerprint density at radius 2 is 1.43 bits per heavy atom. The van der Waals surface area contributed by atoms with Crippen molar-refractivity contribution in [2.45, 2.75) is 20.8 Å². The van der Waals surface area contributed by atoms with Gasteiger partial charge in [-0.3, -0.25) is 4.79 Å². The van der Waals surface area contributed by atoms with Crippen LogP contribution in [0.5, 0.6) is 17.2 Å². The van der Waals surface area contributed by atoms with Gasteiger partial charge in [0.05, 0.1) is 19.6 Å². The van der Waals surface area contributed by atoms with Crippen molar-refractivity contribution in [2.75, 3.05) is 14.2 Å². The highest BCUT2D eigenvalue weighted by atomic mass is 16.5. The SMILES string of the molecule is COC(=O)c1c(O)cc(OC(=O)C(C)(C)C)c(O)c1C(=O)OC. The standard InChI is InChI=1S/C15H18O8/c1-15(2,3)14(20)23-8-6-7(16)9(12(18)21-4)10(11(8)17)13(19)22-5/h6,16-17H,1-5H3. The summed E-state index contributed by atoms with van der Waals surface area (Å²) >= 11 is 0. The monoisotopic (exact) mass is 326 g/mol. The fourth-order valence-electron chi connectivity index (χ4n) is 1.57. The van der Waals surface area contributed by atoms with Crippen LogP contribution in [0, 0.1) is 5.41 Å². The zero-order valence-electron chi connectivity index (χ0n) is 13.4. The first-order valence-electron chi connectivity index (χ1n) is 6.52. The summed E-state index contributed by atoms with van der Waals surface area (Å²) < 4.78 is 13.9. The molecule has 2 N–H and O–H groups in total. The van der Waals surface area contributed by atoms with Gasteiger partial charge in [-0.1, -0.05) is 0 Å². The summed E-state index contributed by atoms with van der Waals surface area (Å²) in [6.07, 6.45) is 0. The zero-order chi connectivity index (χ0) is 17.9. The Kier molecular flexibility index (Phi) is 5.21. The van der Waals surface area contributed by atoms with Crippen molar-refractivity contribution in [1.29, 1.82) is 0 Å². The van der Waals surface area contributed by atoms with Crippen LogP contribution >= 0.6 is 0 Å². The van der Waals surface area contributed by atoms with Crippen LogP contribution in [0.25, 0.3) is 0 Å². The first-order valence-corrected chi connectivity index (χ1v) is 6.52. The number of phenolic OH excluding ortho intramolecular Hbond substituents is 2. The van der Waals surface area contributed by atoms with E-state index >= 15 is 0 Å². The van der Waals surface area contributed by atoms with Crippen LogP contribution in [0.1, 0.15) is 41.5 Å². The molecule has 0 aliphatic heterocycles. The molecule has 0 aliphatic rings. The van der Waals surface area contributed by atoms with Gasteiger partial charge in [-0.05, 0) is 20.8 Å². The maximum atomic E-state index is 11.9. The van der Waals surface area contributed by atoms with Gasteiger partial charge in [0.15, 0.2) is 11.5 Å². The Hall–Kier alpha value is -2.77. The second-order valence-corrected chi connectivity index (χ2v) is 5.62. The van der Waals surface area contributed by atoms with Crippen LogP contribution in [-0.4, -0.2) is 42.3 Å². The lowest BCUT2D eigenvalue weighted by molar-refractivity contribution is -0.143. The third-order valence-corrected chi connectivity index (χ3v) is 2.84. The fraction of sp³-hybridized carbons (Fsp3) is 0.400. The van der Waals surface area contributed by atoms with E-state index in [2.05, 4.69) is 9.47 Å². The summed E-state index contributed by atoms with van der Waals surface area (Å²) in [5, 5.41) is 20.1. The number of methoxy groups -OCH3 is 2. The molecule has 0 unspecified atom stereocenters. The van der Waals surface area contributed by atoms with Gasteiger partial charge >= 0.3 is 17.9 Å². The number of esters is 3. The summed E-state index contributed by atoms with van der Waals surface area (Å²) in [7, 11) is 2.06. The molecule has 0 amide bonds. The molecule has 0 fully saturated rings. The highest BCUT2D eigenvalue weighted by Gasteiger charge is 2.32. The summed E-state index contributed by atoms with van der Waals surface area (Å²) in [6, 6.07) is 0.845. The van der Waals surface area contributed by atoms with Gasteiger partial charge in [0.1, 0.15) is 16.9 Å². The molecule has 8 heteroatoms. The van der Waals surface area contributed by atoms with E-state index in [9.17, 15) is 24.6 Å². The molecule has 0 bridgehead atoms. The maximum absolute atomic E-state index is 11.9. The van der Waals surface area contributed by atoms with Gasteiger partial charge in [0.25, 0.3) is 0 Å². The van der Waals surface area contributed by atoms with Gasteiger partial charge < -0.3 is 24.4 Å². The van der Waals surface area contributed by atoms with Crippen LogP contribution < -0.4 is 4.74 Å². The summed E-state index contributed by atoms with van der Waals surface area (Å²) in [5.41, 5.74) is -2.14. The molecule has 0 saturated heterocycles. The van der Waals surface area contributed by atoms with E-state index in [-0.39, 0.29) is 0 Å². The van der Waals surface area contributed by atoms with E-state index in [4.69, 9.17) is 4.74 Å². The lowest BCUT2D eigenvalue weighted by Gasteiger charge is -2.18. The maximum Gasteiger partial charge on any atom is 0.342 e. The molecule has 0 radical (unpaired) electrons. The number of phenols is 2. The Labute approximate surface area is 132 Å². The van der Waals surface area contributed by atoms with Crippen LogP contribution in [-0.2, 0) is 14.3 Å². The van der Waals surface area contributed by atoms with E-state index < -0.39 is 51.7 Å². The average Bonchev–Trinajstić information content (AvgIpc) is 2.47. The quantitative estimate of drug-likeness (QED) is 0.488. The van der Waals surface area contributed by atoms with Crippen molar-refractivity contribution >= 4 is 17.9 Å². The highest BCUT2D eigenvalue weighted by Crippen LogP contribution is 2.40. The molecule has 1 aromatic rings. The first kappa shape index (κ1) is 18.3. The lowest BCUT2D eigenvalue weighted by Crippen LogP contribution is -2.26. The fourth-order valence-corrected chi connectivity index (χ4v) is 1.57. The number of aromatic hydroxyl groups is 2. The van der Waals surface area contributed by atoms with Gasteiger partial charge in [-0.25, -0.2) is 9.59 Å². The van der Waals surface area contributed by atoms with Crippen LogP contribution in [0.2, 0.25) is 0 Å². The minimum atomic E-state index is -1.10. The largest absolute Gasteiger partial charge is 0.507 e. The lowest BCUT2D eigenvalue weighted by atomic mass is 9.97. The molecule has 1 rings (SSSR count). The molecular formula is C15H18O8. The van der Waals surface area contributed by atoms with Crippen LogP contribution in [0.15, 0.2) is 6.07 Å². The van der Waals surface area contributed by atoms with Crippen molar-refractivity contribution < 1.29 is 38.8 Å². The second-order valence-electron chi connectivity index (χ2n) is 5.62. The first-order chi connectivity index (χ1) is 10.5. The van der Waals surface area contributed by atoms with Gasteiger partial charge in [-0.2, -0.15) is 0 Å². The van der Waals surface area contributed by atoms with Gasteiger partial charge in [0.2, 0.25) is 0 Å². The number of hydrogen-bond donors (Lipinski definition) is 2. The third-order valence-electron chi connectivity index (χ3n) is 2.84. The number of ether oxygens (including phenoxy) is 3.